The molecule has 20 heavy (non-hydrogen) atoms. The molecule has 0 unspecified atom stereocenters. The van der Waals surface area contributed by atoms with Crippen molar-refractivity contribution in [3.63, 3.8) is 0 Å². The van der Waals surface area contributed by atoms with E-state index < -0.39 is 9.05 Å². The van der Waals surface area contributed by atoms with Crippen LogP contribution in [0.25, 0.3) is 0 Å². The molecule has 0 atom stereocenters. The number of benzene rings is 1. The van der Waals surface area contributed by atoms with E-state index in [2.05, 4.69) is 13.8 Å². The summed E-state index contributed by atoms with van der Waals surface area (Å²) in [7, 11) is 1.45. The van der Waals surface area contributed by atoms with E-state index in [1.165, 1.54) is 18.2 Å². The van der Waals surface area contributed by atoms with Gasteiger partial charge in [0.15, 0.2) is 0 Å². The molecule has 0 aliphatic carbocycles. The normalized spacial score (nSPS) is 11.8. The molecule has 4 nitrogen and oxygen atoms in total. The van der Waals surface area contributed by atoms with Crippen LogP contribution in [0, 0.1) is 5.92 Å². The number of ether oxygens (including phenoxy) is 2. The van der Waals surface area contributed by atoms with E-state index in [1.54, 1.807) is 0 Å². The molecule has 1 aromatic carbocycles. The van der Waals surface area contributed by atoms with Crippen LogP contribution in [-0.4, -0.2) is 28.2 Å². The molecule has 0 spiro atoms. The van der Waals surface area contributed by atoms with Crippen molar-refractivity contribution < 1.29 is 17.9 Å². The summed E-state index contributed by atoms with van der Waals surface area (Å²) in [5.41, 5.74) is 0. The summed E-state index contributed by atoms with van der Waals surface area (Å²) in [5.74, 6) is 1.01. The average Bonchev–Trinajstić information content (AvgIpc) is 2.33. The molecule has 0 heterocycles. The molecule has 0 aromatic heterocycles. The second kappa shape index (κ2) is 8.08. The standard InChI is InChI=1S/C13H18Cl2O4S/c1-10(2)5-6-18-7-8-19-13-4-3-11(9-12(13)14)20(15,16)17/h3-4,9-10H,5-8H2,1-2H3. The second-order valence-electron chi connectivity index (χ2n) is 4.67. The van der Waals surface area contributed by atoms with Gasteiger partial charge in [0.25, 0.3) is 9.05 Å². The third kappa shape index (κ3) is 6.31. The summed E-state index contributed by atoms with van der Waals surface area (Å²) in [6.45, 7) is 5.76. The van der Waals surface area contributed by atoms with Gasteiger partial charge in [-0.2, -0.15) is 0 Å². The Kier molecular flexibility index (Phi) is 7.09. The third-order valence-corrected chi connectivity index (χ3v) is 4.16. The SMILES string of the molecule is CC(C)CCOCCOc1ccc(S(=O)(=O)Cl)cc1Cl. The molecule has 0 radical (unpaired) electrons. The van der Waals surface area contributed by atoms with E-state index in [-0.39, 0.29) is 9.92 Å². The maximum Gasteiger partial charge on any atom is 0.261 e. The number of hydrogen-bond donors (Lipinski definition) is 0. The Bertz CT molecular complexity index is 529. The zero-order chi connectivity index (χ0) is 15.2. The predicted octanol–water partition coefficient (Wildman–Crippen LogP) is 3.71. The minimum absolute atomic E-state index is 0.0512. The Labute approximate surface area is 129 Å². The first kappa shape index (κ1) is 17.6. The predicted molar refractivity (Wildman–Crippen MR) is 80.3 cm³/mol. The summed E-state index contributed by atoms with van der Waals surface area (Å²) >= 11 is 5.93. The molecular formula is C13H18Cl2O4S. The van der Waals surface area contributed by atoms with Crippen LogP contribution in [0.1, 0.15) is 20.3 Å². The summed E-state index contributed by atoms with van der Waals surface area (Å²) in [6, 6.07) is 4.09. The molecule has 0 fully saturated rings. The van der Waals surface area contributed by atoms with Crippen molar-refractivity contribution in [1.29, 1.82) is 0 Å². The fourth-order valence-corrected chi connectivity index (χ4v) is 2.46. The van der Waals surface area contributed by atoms with Crippen molar-refractivity contribution in [2.45, 2.75) is 25.2 Å². The van der Waals surface area contributed by atoms with Crippen molar-refractivity contribution in [1.82, 2.24) is 0 Å². The molecule has 0 bridgehead atoms. The van der Waals surface area contributed by atoms with Crippen LogP contribution < -0.4 is 4.74 Å². The Hall–Kier alpha value is -0.490. The van der Waals surface area contributed by atoms with Gasteiger partial charge in [-0.25, -0.2) is 8.42 Å². The molecule has 0 saturated heterocycles. The van der Waals surface area contributed by atoms with Crippen molar-refractivity contribution in [3.05, 3.63) is 23.2 Å². The van der Waals surface area contributed by atoms with Crippen LogP contribution in [0.2, 0.25) is 5.02 Å². The molecule has 114 valence electrons. The van der Waals surface area contributed by atoms with Crippen molar-refractivity contribution in [3.8, 4) is 5.75 Å². The molecule has 7 heteroatoms. The highest BCUT2D eigenvalue weighted by atomic mass is 35.7. The van der Waals surface area contributed by atoms with Crippen LogP contribution in [0.5, 0.6) is 5.75 Å². The maximum atomic E-state index is 11.1. The maximum absolute atomic E-state index is 11.1. The topological polar surface area (TPSA) is 52.6 Å². The highest BCUT2D eigenvalue weighted by Gasteiger charge is 2.12. The van der Waals surface area contributed by atoms with E-state index >= 15 is 0 Å². The minimum atomic E-state index is -3.78. The number of hydrogen-bond acceptors (Lipinski definition) is 4. The molecule has 0 aliphatic rings. The molecule has 1 rings (SSSR count). The van der Waals surface area contributed by atoms with Gasteiger partial charge in [0.05, 0.1) is 16.5 Å². The Morgan fingerprint density at radius 2 is 1.90 bits per heavy atom. The van der Waals surface area contributed by atoms with Gasteiger partial charge in [-0.1, -0.05) is 25.4 Å². The van der Waals surface area contributed by atoms with Gasteiger partial charge in [-0.3, -0.25) is 0 Å². The number of rotatable bonds is 8. The van der Waals surface area contributed by atoms with Gasteiger partial charge in [-0.05, 0) is 30.5 Å². The number of halogens is 2. The Balaban J connectivity index is 2.42. The van der Waals surface area contributed by atoms with Gasteiger partial charge in [0.1, 0.15) is 12.4 Å². The van der Waals surface area contributed by atoms with Gasteiger partial charge in [0.2, 0.25) is 0 Å². The van der Waals surface area contributed by atoms with Crippen molar-refractivity contribution >= 4 is 31.3 Å². The van der Waals surface area contributed by atoms with E-state index in [0.29, 0.717) is 31.5 Å². The highest BCUT2D eigenvalue weighted by molar-refractivity contribution is 8.13. The smallest absolute Gasteiger partial charge is 0.261 e. The Morgan fingerprint density at radius 3 is 2.45 bits per heavy atom. The average molecular weight is 341 g/mol. The first-order valence-electron chi connectivity index (χ1n) is 6.25. The molecular weight excluding hydrogens is 323 g/mol. The summed E-state index contributed by atoms with van der Waals surface area (Å²) < 4.78 is 33.1. The largest absolute Gasteiger partial charge is 0.490 e. The van der Waals surface area contributed by atoms with Crippen LogP contribution in [-0.2, 0) is 13.8 Å². The zero-order valence-electron chi connectivity index (χ0n) is 11.4. The van der Waals surface area contributed by atoms with E-state index in [0.717, 1.165) is 6.42 Å². The first-order valence-corrected chi connectivity index (χ1v) is 8.94. The van der Waals surface area contributed by atoms with Gasteiger partial charge in [0, 0.05) is 17.3 Å². The lowest BCUT2D eigenvalue weighted by atomic mass is 10.1. The van der Waals surface area contributed by atoms with E-state index in [9.17, 15) is 8.42 Å². The lowest BCUT2D eigenvalue weighted by Crippen LogP contribution is -2.09. The van der Waals surface area contributed by atoms with E-state index in [1.807, 2.05) is 0 Å². The van der Waals surface area contributed by atoms with Crippen LogP contribution in [0.3, 0.4) is 0 Å². The molecule has 0 aliphatic heterocycles. The minimum Gasteiger partial charge on any atom is -0.490 e. The molecule has 0 N–H and O–H groups in total. The summed E-state index contributed by atoms with van der Waals surface area (Å²) in [4.78, 5) is -0.0512. The molecule has 1 aromatic rings. The van der Waals surface area contributed by atoms with Gasteiger partial charge >= 0.3 is 0 Å². The summed E-state index contributed by atoms with van der Waals surface area (Å²) in [5, 5.41) is 0.203. The molecule has 0 amide bonds. The highest BCUT2D eigenvalue weighted by Crippen LogP contribution is 2.28. The fraction of sp³-hybridized carbons (Fsp3) is 0.538. The quantitative estimate of drug-likeness (QED) is 0.534. The molecule has 0 saturated carbocycles. The van der Waals surface area contributed by atoms with E-state index in [4.69, 9.17) is 31.8 Å². The van der Waals surface area contributed by atoms with Crippen LogP contribution in [0.4, 0.5) is 0 Å². The summed E-state index contributed by atoms with van der Waals surface area (Å²) in [6.07, 6.45) is 1.00. The monoisotopic (exact) mass is 340 g/mol. The lowest BCUT2D eigenvalue weighted by Gasteiger charge is -2.10. The first-order chi connectivity index (χ1) is 9.30. The van der Waals surface area contributed by atoms with Gasteiger partial charge < -0.3 is 9.47 Å². The third-order valence-electron chi connectivity index (χ3n) is 2.51. The van der Waals surface area contributed by atoms with Crippen molar-refractivity contribution in [2.24, 2.45) is 5.92 Å². The second-order valence-corrected chi connectivity index (χ2v) is 7.65. The van der Waals surface area contributed by atoms with Gasteiger partial charge in [-0.15, -0.1) is 0 Å². The lowest BCUT2D eigenvalue weighted by molar-refractivity contribution is 0.0926. The van der Waals surface area contributed by atoms with Crippen LogP contribution >= 0.6 is 22.3 Å². The fourth-order valence-electron chi connectivity index (χ4n) is 1.38. The van der Waals surface area contributed by atoms with Crippen molar-refractivity contribution in [2.75, 3.05) is 19.8 Å². The Morgan fingerprint density at radius 1 is 1.20 bits per heavy atom. The zero-order valence-corrected chi connectivity index (χ0v) is 13.8. The van der Waals surface area contributed by atoms with Crippen LogP contribution in [0.15, 0.2) is 23.1 Å².